The van der Waals surface area contributed by atoms with Crippen LogP contribution in [-0.2, 0) is 24.4 Å². The maximum atomic E-state index is 14.4. The third-order valence-corrected chi connectivity index (χ3v) is 8.77. The van der Waals surface area contributed by atoms with Gasteiger partial charge < -0.3 is 35.6 Å². The Morgan fingerprint density at radius 1 is 0.944 bits per heavy atom. The van der Waals surface area contributed by atoms with E-state index in [0.717, 1.165) is 40.7 Å². The Morgan fingerprint density at radius 3 is 1.69 bits per heavy atom. The zero-order valence-electron chi connectivity index (χ0n) is 25.2. The van der Waals surface area contributed by atoms with Crippen LogP contribution in [0.4, 0.5) is 0 Å². The molecule has 2 N–H and O–H groups in total. The average Bonchev–Trinajstić information content (AvgIpc) is 2.65. The minimum absolute atomic E-state index is 0. The van der Waals surface area contributed by atoms with Crippen molar-refractivity contribution in [2.45, 2.75) is 111 Å². The Bertz CT molecular complexity index is 824. The number of nitrogens with zero attached hydrogens (tertiary/aromatic N) is 1. The molecule has 0 saturated heterocycles. The lowest BCUT2D eigenvalue weighted by Gasteiger charge is -2.34. The summed E-state index contributed by atoms with van der Waals surface area (Å²) < 4.78 is 27.5. The number of hydrogen-bond acceptors (Lipinski definition) is 5. The Balaban J connectivity index is 0.0000122. The van der Waals surface area contributed by atoms with Gasteiger partial charge in [-0.1, -0.05) is 41.5 Å². The van der Waals surface area contributed by atoms with Crippen LogP contribution in [0.1, 0.15) is 105 Å². The summed E-state index contributed by atoms with van der Waals surface area (Å²) in [5.41, 5.74) is 1.89. The molecule has 0 heterocycles. The molecule has 0 amide bonds. The van der Waals surface area contributed by atoms with Crippen molar-refractivity contribution < 1.29 is 40.2 Å². The van der Waals surface area contributed by atoms with E-state index in [1.54, 1.807) is 0 Å². The van der Waals surface area contributed by atoms with Crippen molar-refractivity contribution in [3.63, 3.8) is 0 Å². The summed E-state index contributed by atoms with van der Waals surface area (Å²) in [6, 6.07) is 3.96. The summed E-state index contributed by atoms with van der Waals surface area (Å²) in [7, 11) is 0.830. The molecule has 1 unspecified atom stereocenters. The van der Waals surface area contributed by atoms with Crippen molar-refractivity contribution in [1.29, 1.82) is 0 Å². The molecule has 0 bridgehead atoms. The van der Waals surface area contributed by atoms with E-state index in [9.17, 15) is 9.67 Å². The normalized spacial score (nSPS) is 14.3. The average molecular weight is 594 g/mol. The smallest absolute Gasteiger partial charge is 0.352 e. The molecular weight excluding hydrogens is 539 g/mol. The number of nitrogens with one attached hydrogen (secondary N) is 1. The van der Waals surface area contributed by atoms with Crippen molar-refractivity contribution >= 4 is 7.60 Å². The van der Waals surface area contributed by atoms with E-state index in [1.165, 1.54) is 0 Å². The molecule has 1 rings (SSSR count). The van der Waals surface area contributed by atoms with Gasteiger partial charge in [0.1, 0.15) is 11.5 Å². The van der Waals surface area contributed by atoms with E-state index in [0.29, 0.717) is 12.3 Å². The number of aromatic hydroxyl groups is 1. The molecule has 1 aromatic carbocycles. The van der Waals surface area contributed by atoms with Crippen LogP contribution in [0.5, 0.6) is 5.75 Å². The van der Waals surface area contributed by atoms with Gasteiger partial charge >= 0.3 is 7.60 Å². The number of hydrogen-bond donors (Lipinski definition) is 2. The van der Waals surface area contributed by atoms with Crippen LogP contribution >= 0.6 is 7.60 Å². The fourth-order valence-electron chi connectivity index (χ4n) is 4.01. The molecule has 0 aromatic heterocycles. The van der Waals surface area contributed by atoms with E-state index in [4.69, 9.17) is 9.05 Å². The second kappa shape index (κ2) is 13.6. The monoisotopic (exact) mass is 592 g/mol. The summed E-state index contributed by atoms with van der Waals surface area (Å²) in [5.74, 6) is -0.341. The maximum absolute atomic E-state index is 14.4. The van der Waals surface area contributed by atoms with Crippen molar-refractivity contribution in [2.75, 3.05) is 33.7 Å². The number of benzene rings is 1. The first-order chi connectivity index (χ1) is 15.7. The SMILES string of the molecule is CC[N+](C)(C)CCCNC(c1cc(C(C)(C)C)c(O)c(C(C)(C)C)c1)P(=O)(OC(C)C)OC(C)C.[Br-]. The highest BCUT2D eigenvalue weighted by molar-refractivity contribution is 7.54. The van der Waals surface area contributed by atoms with Gasteiger partial charge in [-0.25, -0.2) is 0 Å². The van der Waals surface area contributed by atoms with Gasteiger partial charge in [0.05, 0.1) is 39.4 Å². The van der Waals surface area contributed by atoms with Gasteiger partial charge in [-0.2, -0.15) is 0 Å². The van der Waals surface area contributed by atoms with Crippen LogP contribution in [-0.4, -0.2) is 55.5 Å². The van der Waals surface area contributed by atoms with Crippen LogP contribution in [0.25, 0.3) is 0 Å². The van der Waals surface area contributed by atoms with Crippen molar-refractivity contribution in [1.82, 2.24) is 5.32 Å². The summed E-state index contributed by atoms with van der Waals surface area (Å²) in [5, 5.41) is 14.8. The Labute approximate surface area is 232 Å². The number of quaternary nitrogens is 1. The van der Waals surface area contributed by atoms with E-state index in [-0.39, 0.29) is 40.0 Å². The standard InChI is InChI=1S/C28H53N2O4P.BrH/c1-14-30(12,13)17-15-16-29-26(35(32,33-20(2)3)34-21(4)5)22-18-23(27(6,7)8)25(31)24(19-22)28(9,10)11;/h18-21,26,29H,14-17H2,1-13H3;1H. The number of phenolic OH excluding ortho intramolecular Hbond substituents is 1. The van der Waals surface area contributed by atoms with Crippen LogP contribution in [0, 0.1) is 0 Å². The number of phenols is 1. The quantitative estimate of drug-likeness (QED) is 0.217. The molecule has 0 aliphatic rings. The third kappa shape index (κ3) is 10.4. The molecular formula is C28H54BrN2O4P. The van der Waals surface area contributed by atoms with Crippen molar-refractivity contribution in [3.8, 4) is 5.75 Å². The van der Waals surface area contributed by atoms with E-state index >= 15 is 0 Å². The van der Waals surface area contributed by atoms with Crippen molar-refractivity contribution in [3.05, 3.63) is 28.8 Å². The fraction of sp³-hybridized carbons (Fsp3) is 0.786. The van der Waals surface area contributed by atoms with E-state index < -0.39 is 13.4 Å². The van der Waals surface area contributed by atoms with Gasteiger partial charge in [-0.3, -0.25) is 9.88 Å². The number of rotatable bonds is 12. The molecule has 0 aliphatic heterocycles. The summed E-state index contributed by atoms with van der Waals surface area (Å²) in [6.07, 6.45) is 0.401. The highest BCUT2D eigenvalue weighted by Crippen LogP contribution is 2.62. The lowest BCUT2D eigenvalue weighted by Crippen LogP contribution is -3.00. The zero-order valence-corrected chi connectivity index (χ0v) is 27.6. The first kappa shape index (κ1) is 35.6. The molecule has 36 heavy (non-hydrogen) atoms. The van der Waals surface area contributed by atoms with Crippen LogP contribution in [0.3, 0.4) is 0 Å². The highest BCUT2D eigenvalue weighted by Gasteiger charge is 2.41. The predicted octanol–water partition coefficient (Wildman–Crippen LogP) is 4.11. The molecule has 6 nitrogen and oxygen atoms in total. The van der Waals surface area contributed by atoms with E-state index in [1.807, 2.05) is 39.8 Å². The Kier molecular flexibility index (Phi) is 13.4. The minimum atomic E-state index is -3.61. The van der Waals surface area contributed by atoms with Gasteiger partial charge in [0.15, 0.2) is 0 Å². The van der Waals surface area contributed by atoms with Gasteiger partial charge in [-0.05, 0) is 74.3 Å². The third-order valence-electron chi connectivity index (χ3n) is 6.23. The van der Waals surface area contributed by atoms with Crippen LogP contribution in [0.2, 0.25) is 0 Å². The molecule has 0 spiro atoms. The maximum Gasteiger partial charge on any atom is 0.352 e. The van der Waals surface area contributed by atoms with Gasteiger partial charge in [0.2, 0.25) is 0 Å². The summed E-state index contributed by atoms with van der Waals surface area (Å²) in [6.45, 7) is 25.0. The number of halogens is 1. The molecule has 212 valence electrons. The van der Waals surface area contributed by atoms with Crippen molar-refractivity contribution in [2.24, 2.45) is 0 Å². The first-order valence-electron chi connectivity index (χ1n) is 13.1. The van der Waals surface area contributed by atoms with Crippen LogP contribution in [0.15, 0.2) is 12.1 Å². The topological polar surface area (TPSA) is 67.8 Å². The summed E-state index contributed by atoms with van der Waals surface area (Å²) >= 11 is 0. The Morgan fingerprint density at radius 2 is 1.36 bits per heavy atom. The molecule has 0 saturated carbocycles. The van der Waals surface area contributed by atoms with Gasteiger partial charge in [-0.15, -0.1) is 0 Å². The fourth-order valence-corrected chi connectivity index (χ4v) is 6.34. The highest BCUT2D eigenvalue weighted by atomic mass is 79.9. The minimum Gasteiger partial charge on any atom is -1.00 e. The predicted molar refractivity (Wildman–Crippen MR) is 148 cm³/mol. The summed E-state index contributed by atoms with van der Waals surface area (Å²) in [4.78, 5) is 0. The second-order valence-electron chi connectivity index (χ2n) is 13.0. The molecule has 1 atom stereocenters. The molecule has 0 fully saturated rings. The molecule has 0 radical (unpaired) electrons. The van der Waals surface area contributed by atoms with Gasteiger partial charge in [0.25, 0.3) is 0 Å². The van der Waals surface area contributed by atoms with Crippen LogP contribution < -0.4 is 22.3 Å². The van der Waals surface area contributed by atoms with Gasteiger partial charge in [0, 0.05) is 13.0 Å². The molecule has 0 aliphatic carbocycles. The zero-order chi connectivity index (χ0) is 27.4. The lowest BCUT2D eigenvalue weighted by molar-refractivity contribution is -0.888. The second-order valence-corrected chi connectivity index (χ2v) is 15.0. The first-order valence-corrected chi connectivity index (χ1v) is 14.7. The Hall–Kier alpha value is -0.430. The van der Waals surface area contributed by atoms with E-state index in [2.05, 4.69) is 67.9 Å². The lowest BCUT2D eigenvalue weighted by atomic mass is 9.78. The molecule has 1 aromatic rings. The largest absolute Gasteiger partial charge is 1.00 e. The molecule has 8 heteroatoms.